The number of carbonyl (C=O) groups excluding carboxylic acids is 1. The Bertz CT molecular complexity index is 1850. The van der Waals surface area contributed by atoms with E-state index >= 15 is 0 Å². The maximum atomic E-state index is 14.7. The molecule has 4 heterocycles. The Hall–Kier alpha value is -4.56. The number of alkyl halides is 3. The zero-order valence-corrected chi connectivity index (χ0v) is 28.1. The zero-order valence-electron chi connectivity index (χ0n) is 28.1. The van der Waals surface area contributed by atoms with Gasteiger partial charge in [0, 0.05) is 23.8 Å². The lowest BCUT2D eigenvalue weighted by molar-refractivity contribution is -0.146. The SMILES string of the molecule is CC1CC2CC(C1)C(NC(=O)c1cnc(N3CC4(CCCCC4)c4cc(OC5CN(c6ncc(F)cn6)C5)ccc43)nc1C(F)(F)F)(C(=O)O)C2. The average Bonchev–Trinajstić information content (AvgIpc) is 3.52. The van der Waals surface area contributed by atoms with Crippen LogP contribution in [0.5, 0.6) is 5.75 Å². The van der Waals surface area contributed by atoms with E-state index in [0.717, 1.165) is 62.7 Å². The molecule has 4 atom stereocenters. The minimum atomic E-state index is -5.00. The second kappa shape index (κ2) is 12.3. The Kier molecular flexibility index (Phi) is 8.09. The number of carboxylic acids is 1. The van der Waals surface area contributed by atoms with Crippen molar-refractivity contribution >= 4 is 29.5 Å². The summed E-state index contributed by atoms with van der Waals surface area (Å²) < 4.78 is 63.5. The number of fused-ring (bicyclic) bond motifs is 4. The standard InChI is InChI=1S/C36H39F4N7O4/c1-20-9-21-11-22(10-20)35(13-21,31(49)50)45-30(48)26-16-43-33(44-29(26)36(38,39)40)47-19-34(7-3-2-4-8-34)27-12-24(5-6-28(27)47)51-25-17-46(18-25)32-41-14-23(37)15-42-32/h5-6,12,14-16,20-22,25H,2-4,7-11,13,17-19H2,1H3,(H,45,48)(H,49,50). The molecule has 8 rings (SSSR count). The van der Waals surface area contributed by atoms with Crippen molar-refractivity contribution < 1.29 is 37.0 Å². The molecule has 1 amide bonds. The van der Waals surface area contributed by atoms with Crippen LogP contribution in [0.3, 0.4) is 0 Å². The molecule has 15 heteroatoms. The lowest BCUT2D eigenvalue weighted by Gasteiger charge is -2.39. The smallest absolute Gasteiger partial charge is 0.434 e. The normalized spacial score (nSPS) is 26.9. The molecule has 1 saturated heterocycles. The number of nitrogens with zero attached hydrogens (tertiary/aromatic N) is 6. The molecule has 5 aliphatic rings. The van der Waals surface area contributed by atoms with Gasteiger partial charge in [0.2, 0.25) is 11.9 Å². The molecule has 3 aliphatic carbocycles. The molecule has 1 spiro atoms. The van der Waals surface area contributed by atoms with Gasteiger partial charge < -0.3 is 25.0 Å². The first-order valence-electron chi connectivity index (χ1n) is 17.6. The zero-order chi connectivity index (χ0) is 35.7. The van der Waals surface area contributed by atoms with Gasteiger partial charge in [0.1, 0.15) is 17.4 Å². The lowest BCUT2D eigenvalue weighted by Crippen LogP contribution is -2.57. The van der Waals surface area contributed by atoms with Gasteiger partial charge in [0.15, 0.2) is 11.5 Å². The highest BCUT2D eigenvalue weighted by Crippen LogP contribution is 2.53. The Balaban J connectivity index is 1.07. The minimum Gasteiger partial charge on any atom is -0.487 e. The molecule has 270 valence electrons. The van der Waals surface area contributed by atoms with Crippen LogP contribution in [-0.2, 0) is 16.4 Å². The molecule has 0 radical (unpaired) electrons. The topological polar surface area (TPSA) is 134 Å². The van der Waals surface area contributed by atoms with Crippen LogP contribution in [0, 0.1) is 23.6 Å². The van der Waals surface area contributed by atoms with Gasteiger partial charge in [-0.15, -0.1) is 0 Å². The first kappa shape index (κ1) is 33.6. The first-order chi connectivity index (χ1) is 24.3. The fourth-order valence-corrected chi connectivity index (χ4v) is 9.45. The molecule has 3 saturated carbocycles. The third-order valence-electron chi connectivity index (χ3n) is 11.7. The second-order valence-electron chi connectivity index (χ2n) is 15.2. The fraction of sp³-hybridized carbons (Fsp3) is 0.556. The van der Waals surface area contributed by atoms with Gasteiger partial charge in [0.05, 0.1) is 31.0 Å². The quantitative estimate of drug-likeness (QED) is 0.279. The van der Waals surface area contributed by atoms with Crippen molar-refractivity contribution in [2.75, 3.05) is 29.4 Å². The van der Waals surface area contributed by atoms with E-state index in [1.54, 1.807) is 11.0 Å². The van der Waals surface area contributed by atoms with E-state index in [1.165, 1.54) is 0 Å². The van der Waals surface area contributed by atoms with E-state index in [9.17, 15) is 32.3 Å². The number of nitrogens with one attached hydrogen (secondary N) is 1. The van der Waals surface area contributed by atoms with Crippen LogP contribution in [-0.4, -0.2) is 68.2 Å². The second-order valence-corrected chi connectivity index (χ2v) is 15.2. The number of aliphatic carboxylic acids is 1. The highest BCUT2D eigenvalue weighted by molar-refractivity contribution is 5.99. The predicted molar refractivity (Wildman–Crippen MR) is 176 cm³/mol. The number of ether oxygens (including phenoxy) is 1. The summed E-state index contributed by atoms with van der Waals surface area (Å²) in [6.45, 7) is 3.44. The predicted octanol–water partition coefficient (Wildman–Crippen LogP) is 6.06. The molecule has 1 aromatic carbocycles. The highest BCUT2D eigenvalue weighted by atomic mass is 19.4. The molecule has 4 unspecified atom stereocenters. The van der Waals surface area contributed by atoms with Gasteiger partial charge in [-0.1, -0.05) is 26.2 Å². The molecule has 51 heavy (non-hydrogen) atoms. The monoisotopic (exact) mass is 709 g/mol. The van der Waals surface area contributed by atoms with E-state index in [2.05, 4.69) is 25.3 Å². The highest BCUT2D eigenvalue weighted by Gasteiger charge is 2.57. The van der Waals surface area contributed by atoms with E-state index in [-0.39, 0.29) is 41.6 Å². The number of carbonyl (C=O) groups is 2. The Labute approximate surface area is 291 Å². The third kappa shape index (κ3) is 5.91. The number of benzene rings is 1. The number of carboxylic acid groups (broad SMARTS) is 1. The molecule has 4 fully saturated rings. The summed E-state index contributed by atoms with van der Waals surface area (Å²) in [5.74, 6) is -2.01. The van der Waals surface area contributed by atoms with Gasteiger partial charge in [-0.3, -0.25) is 4.79 Å². The first-order valence-corrected chi connectivity index (χ1v) is 17.6. The van der Waals surface area contributed by atoms with Crippen LogP contribution in [0.1, 0.15) is 86.3 Å². The number of aromatic nitrogens is 4. The van der Waals surface area contributed by atoms with Crippen molar-refractivity contribution in [1.82, 2.24) is 25.3 Å². The van der Waals surface area contributed by atoms with Crippen molar-refractivity contribution in [3.8, 4) is 5.75 Å². The number of hydrogen-bond donors (Lipinski definition) is 2. The summed E-state index contributed by atoms with van der Waals surface area (Å²) in [6, 6.07) is 5.57. The number of anilines is 3. The molecular formula is C36H39F4N7O4. The summed E-state index contributed by atoms with van der Waals surface area (Å²) >= 11 is 0. The number of hydrogen-bond acceptors (Lipinski definition) is 9. The van der Waals surface area contributed by atoms with Crippen LogP contribution < -0.4 is 19.9 Å². The van der Waals surface area contributed by atoms with Crippen molar-refractivity contribution in [1.29, 1.82) is 0 Å². The van der Waals surface area contributed by atoms with Crippen LogP contribution in [0.15, 0.2) is 36.8 Å². The molecule has 3 aromatic rings. The average molecular weight is 710 g/mol. The Morgan fingerprint density at radius 3 is 2.43 bits per heavy atom. The fourth-order valence-electron chi connectivity index (χ4n) is 9.45. The molecule has 2 aliphatic heterocycles. The van der Waals surface area contributed by atoms with Crippen molar-refractivity contribution in [2.45, 2.75) is 87.9 Å². The van der Waals surface area contributed by atoms with E-state index in [1.807, 2.05) is 24.0 Å². The summed E-state index contributed by atoms with van der Waals surface area (Å²) in [5.41, 5.74) is -2.53. The molecule has 11 nitrogen and oxygen atoms in total. The van der Waals surface area contributed by atoms with Crippen LogP contribution >= 0.6 is 0 Å². The van der Waals surface area contributed by atoms with Crippen molar-refractivity contribution in [2.24, 2.45) is 17.8 Å². The van der Waals surface area contributed by atoms with E-state index < -0.39 is 40.7 Å². The van der Waals surface area contributed by atoms with Gasteiger partial charge in [0.25, 0.3) is 5.91 Å². The van der Waals surface area contributed by atoms with E-state index in [0.29, 0.717) is 49.9 Å². The number of halogens is 4. The molecular weight excluding hydrogens is 670 g/mol. The molecule has 2 bridgehead atoms. The molecule has 2 aromatic heterocycles. The summed E-state index contributed by atoms with van der Waals surface area (Å²) in [4.78, 5) is 46.1. The summed E-state index contributed by atoms with van der Waals surface area (Å²) in [7, 11) is 0. The largest absolute Gasteiger partial charge is 0.487 e. The van der Waals surface area contributed by atoms with Gasteiger partial charge in [-0.2, -0.15) is 13.2 Å². The van der Waals surface area contributed by atoms with Crippen LogP contribution in [0.2, 0.25) is 0 Å². The lowest BCUT2D eigenvalue weighted by atomic mass is 9.71. The van der Waals surface area contributed by atoms with Crippen molar-refractivity contribution in [3.05, 3.63) is 59.4 Å². The number of amides is 1. The Morgan fingerprint density at radius 1 is 1.00 bits per heavy atom. The van der Waals surface area contributed by atoms with Gasteiger partial charge in [-0.05, 0) is 80.0 Å². The van der Waals surface area contributed by atoms with Gasteiger partial charge >= 0.3 is 12.1 Å². The maximum absolute atomic E-state index is 14.7. The van der Waals surface area contributed by atoms with Gasteiger partial charge in [-0.25, -0.2) is 29.1 Å². The number of rotatable bonds is 7. The summed E-state index contributed by atoms with van der Waals surface area (Å²) in [6.07, 6.45) is 4.84. The molecule has 2 N–H and O–H groups in total. The summed E-state index contributed by atoms with van der Waals surface area (Å²) in [5, 5.41) is 12.8. The van der Waals surface area contributed by atoms with Crippen LogP contribution in [0.25, 0.3) is 0 Å². The third-order valence-corrected chi connectivity index (χ3v) is 11.7. The van der Waals surface area contributed by atoms with E-state index in [4.69, 9.17) is 4.74 Å². The Morgan fingerprint density at radius 2 is 1.73 bits per heavy atom. The van der Waals surface area contributed by atoms with Crippen LogP contribution in [0.4, 0.5) is 35.1 Å². The van der Waals surface area contributed by atoms with Crippen molar-refractivity contribution in [3.63, 3.8) is 0 Å². The maximum Gasteiger partial charge on any atom is 0.434 e. The minimum absolute atomic E-state index is 0.0866.